The molecule has 7 heteroatoms. The first-order chi connectivity index (χ1) is 9.19. The highest BCUT2D eigenvalue weighted by atomic mass is 19.1. The molecule has 0 unspecified atom stereocenters. The monoisotopic (exact) mass is 254 g/mol. The van der Waals surface area contributed by atoms with Crippen molar-refractivity contribution in [1.29, 1.82) is 0 Å². The quantitative estimate of drug-likeness (QED) is 0.653. The number of terminal acetylenes is 1. The van der Waals surface area contributed by atoms with Gasteiger partial charge < -0.3 is 5.73 Å². The van der Waals surface area contributed by atoms with Crippen LogP contribution >= 0.6 is 0 Å². The van der Waals surface area contributed by atoms with Gasteiger partial charge in [0.2, 0.25) is 0 Å². The third-order valence-electron chi connectivity index (χ3n) is 2.54. The zero-order valence-electron chi connectivity index (χ0n) is 9.58. The van der Waals surface area contributed by atoms with Crippen LogP contribution in [0.5, 0.6) is 0 Å². The van der Waals surface area contributed by atoms with Gasteiger partial charge in [0.05, 0.1) is 17.9 Å². The van der Waals surface area contributed by atoms with Gasteiger partial charge in [-0.1, -0.05) is 5.92 Å². The van der Waals surface area contributed by atoms with Gasteiger partial charge in [0.15, 0.2) is 11.6 Å². The number of nitrogen functional groups attached to an aromatic ring is 1. The van der Waals surface area contributed by atoms with E-state index in [1.807, 2.05) is 0 Å². The smallest absolute Gasteiger partial charge is 0.253 e. The van der Waals surface area contributed by atoms with Crippen molar-refractivity contribution in [3.05, 3.63) is 36.0 Å². The number of nitrogens with zero attached hydrogens (tertiary/aromatic N) is 5. The van der Waals surface area contributed by atoms with Gasteiger partial charge in [0.1, 0.15) is 5.52 Å². The number of nitrogens with two attached hydrogens (primary N) is 1. The molecular weight excluding hydrogens is 247 g/mol. The molecule has 0 aliphatic heterocycles. The number of halogens is 1. The Morgan fingerprint density at radius 1 is 1.26 bits per heavy atom. The molecule has 2 N–H and O–H groups in total. The molecule has 0 aromatic carbocycles. The molecule has 19 heavy (non-hydrogen) atoms. The van der Waals surface area contributed by atoms with Gasteiger partial charge in [0.25, 0.3) is 5.95 Å². The Bertz CT molecular complexity index is 817. The Morgan fingerprint density at radius 3 is 2.84 bits per heavy atom. The van der Waals surface area contributed by atoms with Crippen LogP contribution in [0.4, 0.5) is 10.2 Å². The summed E-state index contributed by atoms with van der Waals surface area (Å²) in [5.74, 6) is 1.72. The fourth-order valence-electron chi connectivity index (χ4n) is 1.62. The van der Waals surface area contributed by atoms with Crippen LogP contribution in [0.2, 0.25) is 0 Å². The minimum Gasteiger partial charge on any atom is -0.381 e. The molecule has 0 aliphatic carbocycles. The summed E-state index contributed by atoms with van der Waals surface area (Å²) < 4.78 is 14.5. The number of aromatic nitrogens is 5. The molecule has 0 fully saturated rings. The second kappa shape index (κ2) is 4.03. The lowest BCUT2D eigenvalue weighted by molar-refractivity contribution is 0.616. The lowest BCUT2D eigenvalue weighted by Crippen LogP contribution is -2.06. The molecule has 0 spiro atoms. The molecule has 0 saturated carbocycles. The van der Waals surface area contributed by atoms with Gasteiger partial charge in [-0.2, -0.15) is 14.8 Å². The van der Waals surface area contributed by atoms with E-state index in [0.717, 1.165) is 6.20 Å². The van der Waals surface area contributed by atoms with Gasteiger partial charge >= 0.3 is 0 Å². The fraction of sp³-hybridized carbons (Fsp3) is 0. The standard InChI is InChI=1S/C12H7FN6/c1-2-7-3-10-9(15-4-7)6-17-19(10)12-16-5-8(13)11(14)18-12/h1,3-6H,(H2,14,16,18). The predicted molar refractivity (Wildman–Crippen MR) is 66.8 cm³/mol. The first-order valence-corrected chi connectivity index (χ1v) is 5.28. The number of hydrogen-bond acceptors (Lipinski definition) is 5. The van der Waals surface area contributed by atoms with Gasteiger partial charge in [-0.05, 0) is 6.07 Å². The summed E-state index contributed by atoms with van der Waals surface area (Å²) in [5, 5.41) is 4.09. The highest BCUT2D eigenvalue weighted by molar-refractivity contribution is 5.76. The highest BCUT2D eigenvalue weighted by Crippen LogP contribution is 2.16. The Hall–Kier alpha value is -3.01. The van der Waals surface area contributed by atoms with E-state index in [9.17, 15) is 4.39 Å². The topological polar surface area (TPSA) is 82.5 Å². The molecule has 6 nitrogen and oxygen atoms in total. The zero-order chi connectivity index (χ0) is 13.4. The Morgan fingerprint density at radius 2 is 2.11 bits per heavy atom. The van der Waals surface area contributed by atoms with Gasteiger partial charge in [-0.15, -0.1) is 6.42 Å². The van der Waals surface area contributed by atoms with Crippen molar-refractivity contribution in [2.24, 2.45) is 0 Å². The molecule has 0 amide bonds. The zero-order valence-corrected chi connectivity index (χ0v) is 9.58. The summed E-state index contributed by atoms with van der Waals surface area (Å²) >= 11 is 0. The van der Waals surface area contributed by atoms with Crippen LogP contribution < -0.4 is 5.73 Å². The van der Waals surface area contributed by atoms with E-state index in [4.69, 9.17) is 12.2 Å². The Balaban J connectivity index is 2.24. The van der Waals surface area contributed by atoms with E-state index in [0.29, 0.717) is 16.6 Å². The van der Waals surface area contributed by atoms with E-state index in [1.54, 1.807) is 18.5 Å². The maximum Gasteiger partial charge on any atom is 0.253 e. The summed E-state index contributed by atoms with van der Waals surface area (Å²) in [6.45, 7) is 0. The average Bonchev–Trinajstić information content (AvgIpc) is 2.84. The van der Waals surface area contributed by atoms with E-state index in [-0.39, 0.29) is 11.8 Å². The predicted octanol–water partition coefficient (Wildman–Crippen LogP) is 0.913. The third kappa shape index (κ3) is 1.75. The van der Waals surface area contributed by atoms with Crippen molar-refractivity contribution in [3.8, 4) is 18.3 Å². The van der Waals surface area contributed by atoms with Crippen LogP contribution in [-0.2, 0) is 0 Å². The van der Waals surface area contributed by atoms with Crippen molar-refractivity contribution < 1.29 is 4.39 Å². The molecule has 3 rings (SSSR count). The average molecular weight is 254 g/mol. The Kier molecular flexibility index (Phi) is 2.35. The molecule has 92 valence electrons. The minimum atomic E-state index is -0.678. The van der Waals surface area contributed by atoms with Crippen LogP contribution in [0, 0.1) is 18.2 Å². The third-order valence-corrected chi connectivity index (χ3v) is 2.54. The summed E-state index contributed by atoms with van der Waals surface area (Å²) in [6, 6.07) is 1.72. The first-order valence-electron chi connectivity index (χ1n) is 5.28. The van der Waals surface area contributed by atoms with Crippen LogP contribution in [0.1, 0.15) is 5.56 Å². The second-order valence-electron chi connectivity index (χ2n) is 3.73. The van der Waals surface area contributed by atoms with Crippen LogP contribution in [0.25, 0.3) is 17.0 Å². The van der Waals surface area contributed by atoms with Gasteiger partial charge in [-0.25, -0.2) is 9.37 Å². The summed E-state index contributed by atoms with van der Waals surface area (Å²) in [4.78, 5) is 11.8. The maximum absolute atomic E-state index is 13.1. The molecule has 0 aliphatic rings. The molecule has 0 radical (unpaired) electrons. The second-order valence-corrected chi connectivity index (χ2v) is 3.73. The maximum atomic E-state index is 13.1. The fourth-order valence-corrected chi connectivity index (χ4v) is 1.62. The number of hydrogen-bond donors (Lipinski definition) is 1. The Labute approximate surface area is 107 Å². The molecule has 3 aromatic rings. The lowest BCUT2D eigenvalue weighted by atomic mass is 10.2. The van der Waals surface area contributed by atoms with Crippen molar-refractivity contribution in [2.75, 3.05) is 5.73 Å². The van der Waals surface area contributed by atoms with E-state index >= 15 is 0 Å². The summed E-state index contributed by atoms with van der Waals surface area (Å²) in [5.41, 5.74) is 7.27. The first kappa shape index (κ1) is 11.1. The van der Waals surface area contributed by atoms with E-state index in [2.05, 4.69) is 26.0 Å². The highest BCUT2D eigenvalue weighted by Gasteiger charge is 2.10. The van der Waals surface area contributed by atoms with Crippen molar-refractivity contribution in [2.45, 2.75) is 0 Å². The molecule has 0 atom stereocenters. The van der Waals surface area contributed by atoms with E-state index < -0.39 is 5.82 Å². The largest absolute Gasteiger partial charge is 0.381 e. The molecular formula is C12H7FN6. The normalized spacial score (nSPS) is 10.5. The lowest BCUT2D eigenvalue weighted by Gasteiger charge is -2.02. The number of rotatable bonds is 1. The molecule has 0 bridgehead atoms. The number of pyridine rings is 1. The van der Waals surface area contributed by atoms with Crippen molar-refractivity contribution in [3.63, 3.8) is 0 Å². The summed E-state index contributed by atoms with van der Waals surface area (Å²) in [6.07, 6.45) is 9.42. The summed E-state index contributed by atoms with van der Waals surface area (Å²) in [7, 11) is 0. The van der Waals surface area contributed by atoms with Crippen LogP contribution in [0.3, 0.4) is 0 Å². The molecule has 3 aromatic heterocycles. The van der Waals surface area contributed by atoms with Gasteiger partial charge in [-0.3, -0.25) is 4.98 Å². The van der Waals surface area contributed by atoms with E-state index in [1.165, 1.54) is 4.68 Å². The number of anilines is 1. The molecule has 0 saturated heterocycles. The van der Waals surface area contributed by atoms with Crippen molar-refractivity contribution >= 4 is 16.9 Å². The van der Waals surface area contributed by atoms with Gasteiger partial charge in [0, 0.05) is 11.8 Å². The SMILES string of the molecule is C#Cc1cnc2cnn(-c3ncc(F)c(N)n3)c2c1. The van der Waals surface area contributed by atoms with Crippen LogP contribution in [-0.4, -0.2) is 24.7 Å². The molecule has 3 heterocycles. The number of fused-ring (bicyclic) bond motifs is 1. The minimum absolute atomic E-state index is 0.157. The van der Waals surface area contributed by atoms with Crippen LogP contribution in [0.15, 0.2) is 24.7 Å². The van der Waals surface area contributed by atoms with Crippen molar-refractivity contribution in [1.82, 2.24) is 24.7 Å².